The number of carboxylic acid groups (broad SMARTS) is 1. The third-order valence-electron chi connectivity index (χ3n) is 5.51. The van der Waals surface area contributed by atoms with Crippen LogP contribution in [0.25, 0.3) is 0 Å². The second-order valence-corrected chi connectivity index (χ2v) is 6.86. The molecule has 0 atom stereocenters. The minimum Gasteiger partial charge on any atom is -0.480 e. The summed E-state index contributed by atoms with van der Waals surface area (Å²) >= 11 is 0. The first-order chi connectivity index (χ1) is 10.5. The smallest absolute Gasteiger partial charge is 0.317 e. The molecule has 0 radical (unpaired) electrons. The molecule has 126 valence electrons. The summed E-state index contributed by atoms with van der Waals surface area (Å²) in [7, 11) is 0. The van der Waals surface area contributed by atoms with Gasteiger partial charge >= 0.3 is 5.97 Å². The highest BCUT2D eigenvalue weighted by molar-refractivity contribution is 5.83. The second-order valence-electron chi connectivity index (χ2n) is 6.86. The fraction of sp³-hybridized carbons (Fsp3) is 0.882. The molecule has 1 aliphatic carbocycles. The van der Waals surface area contributed by atoms with Gasteiger partial charge in [-0.15, -0.1) is 0 Å². The summed E-state index contributed by atoms with van der Waals surface area (Å²) < 4.78 is 0. The van der Waals surface area contributed by atoms with Crippen molar-refractivity contribution in [2.24, 2.45) is 5.41 Å². The summed E-state index contributed by atoms with van der Waals surface area (Å²) in [6.45, 7) is 6.59. The van der Waals surface area contributed by atoms with Gasteiger partial charge in [-0.3, -0.25) is 14.5 Å². The van der Waals surface area contributed by atoms with Crippen LogP contribution in [-0.2, 0) is 9.59 Å². The predicted octanol–water partition coefficient (Wildman–Crippen LogP) is 2.35. The molecule has 0 bridgehead atoms. The van der Waals surface area contributed by atoms with Crippen LogP contribution in [0.3, 0.4) is 0 Å². The lowest BCUT2D eigenvalue weighted by molar-refractivity contribution is -0.150. The molecule has 0 spiro atoms. The van der Waals surface area contributed by atoms with E-state index in [1.807, 2.05) is 16.7 Å². The summed E-state index contributed by atoms with van der Waals surface area (Å²) in [6, 6.07) is 0.300. The lowest BCUT2D eigenvalue weighted by Gasteiger charge is -2.46. The van der Waals surface area contributed by atoms with Crippen molar-refractivity contribution in [1.29, 1.82) is 0 Å². The number of aliphatic carboxylic acids is 1. The predicted molar refractivity (Wildman–Crippen MR) is 85.7 cm³/mol. The Balaban J connectivity index is 1.88. The van der Waals surface area contributed by atoms with Crippen LogP contribution in [0.4, 0.5) is 0 Å². The Morgan fingerprint density at radius 3 is 2.27 bits per heavy atom. The SMILES string of the molecule is CCCC1(C(=O)N2CCC(N(CC)CC(=O)O)CC2)CCC1. The third kappa shape index (κ3) is 3.62. The first-order valence-corrected chi connectivity index (χ1v) is 8.77. The van der Waals surface area contributed by atoms with Crippen LogP contribution in [-0.4, -0.2) is 59.0 Å². The molecule has 0 aromatic heterocycles. The highest BCUT2D eigenvalue weighted by Gasteiger charge is 2.45. The van der Waals surface area contributed by atoms with E-state index in [0.717, 1.165) is 58.2 Å². The molecule has 1 heterocycles. The van der Waals surface area contributed by atoms with Gasteiger partial charge in [-0.25, -0.2) is 0 Å². The Morgan fingerprint density at radius 1 is 1.23 bits per heavy atom. The van der Waals surface area contributed by atoms with Crippen LogP contribution < -0.4 is 0 Å². The standard InChI is InChI=1S/C17H30N2O3/c1-3-8-17(9-5-10-17)16(22)19-11-6-14(7-12-19)18(4-2)13-15(20)21/h14H,3-13H2,1-2H3,(H,20,21). The number of rotatable bonds is 7. The number of hydrogen-bond acceptors (Lipinski definition) is 3. The monoisotopic (exact) mass is 310 g/mol. The summed E-state index contributed by atoms with van der Waals surface area (Å²) in [4.78, 5) is 27.8. The largest absolute Gasteiger partial charge is 0.480 e. The van der Waals surface area contributed by atoms with Crippen LogP contribution in [0.2, 0.25) is 0 Å². The van der Waals surface area contributed by atoms with Gasteiger partial charge in [0, 0.05) is 24.5 Å². The number of carboxylic acids is 1. The molecule has 2 fully saturated rings. The topological polar surface area (TPSA) is 60.9 Å². The molecule has 1 saturated heterocycles. The van der Waals surface area contributed by atoms with Gasteiger partial charge in [0.15, 0.2) is 0 Å². The van der Waals surface area contributed by atoms with Crippen molar-refractivity contribution in [3.8, 4) is 0 Å². The molecule has 1 aliphatic heterocycles. The van der Waals surface area contributed by atoms with E-state index >= 15 is 0 Å². The number of piperidine rings is 1. The third-order valence-corrected chi connectivity index (χ3v) is 5.51. The molecule has 1 saturated carbocycles. The van der Waals surface area contributed by atoms with E-state index in [2.05, 4.69) is 6.92 Å². The first-order valence-electron chi connectivity index (χ1n) is 8.77. The van der Waals surface area contributed by atoms with E-state index in [0.29, 0.717) is 11.9 Å². The van der Waals surface area contributed by atoms with E-state index in [1.54, 1.807) is 0 Å². The quantitative estimate of drug-likeness (QED) is 0.784. The highest BCUT2D eigenvalue weighted by Crippen LogP contribution is 2.46. The lowest BCUT2D eigenvalue weighted by atomic mass is 9.65. The van der Waals surface area contributed by atoms with Crippen molar-refractivity contribution < 1.29 is 14.7 Å². The van der Waals surface area contributed by atoms with E-state index < -0.39 is 5.97 Å². The van der Waals surface area contributed by atoms with Gasteiger partial charge in [0.25, 0.3) is 0 Å². The van der Waals surface area contributed by atoms with Crippen molar-refractivity contribution in [2.75, 3.05) is 26.2 Å². The van der Waals surface area contributed by atoms with Gasteiger partial charge in [-0.05, 0) is 38.6 Å². The molecule has 22 heavy (non-hydrogen) atoms. The molecule has 0 unspecified atom stereocenters. The number of carbonyl (C=O) groups excluding carboxylic acids is 1. The van der Waals surface area contributed by atoms with Gasteiger partial charge in [0.05, 0.1) is 6.54 Å². The molecule has 5 heteroatoms. The maximum absolute atomic E-state index is 12.8. The average molecular weight is 310 g/mol. The molecule has 2 aliphatic rings. The Bertz CT molecular complexity index is 399. The number of hydrogen-bond donors (Lipinski definition) is 1. The zero-order chi connectivity index (χ0) is 16.2. The van der Waals surface area contributed by atoms with E-state index in [9.17, 15) is 9.59 Å². The first kappa shape index (κ1) is 17.3. The molecule has 0 aromatic carbocycles. The summed E-state index contributed by atoms with van der Waals surface area (Å²) in [6.07, 6.45) is 7.18. The van der Waals surface area contributed by atoms with Crippen molar-refractivity contribution in [3.63, 3.8) is 0 Å². The van der Waals surface area contributed by atoms with Crippen LogP contribution in [0.15, 0.2) is 0 Å². The fourth-order valence-corrected chi connectivity index (χ4v) is 4.10. The second kappa shape index (κ2) is 7.44. The number of nitrogens with zero attached hydrogens (tertiary/aromatic N) is 2. The molecule has 5 nitrogen and oxygen atoms in total. The van der Waals surface area contributed by atoms with Crippen LogP contribution >= 0.6 is 0 Å². The summed E-state index contributed by atoms with van der Waals surface area (Å²) in [5, 5.41) is 8.98. The van der Waals surface area contributed by atoms with Crippen molar-refractivity contribution in [3.05, 3.63) is 0 Å². The Kier molecular flexibility index (Phi) is 5.84. The normalized spacial score (nSPS) is 21.7. The minimum atomic E-state index is -0.767. The Labute approximate surface area is 133 Å². The van der Waals surface area contributed by atoms with E-state index in [1.165, 1.54) is 6.42 Å². The molecule has 0 aromatic rings. The van der Waals surface area contributed by atoms with Crippen LogP contribution in [0.5, 0.6) is 0 Å². The highest BCUT2D eigenvalue weighted by atomic mass is 16.4. The molecular weight excluding hydrogens is 280 g/mol. The van der Waals surface area contributed by atoms with Crippen LogP contribution in [0, 0.1) is 5.41 Å². The molecular formula is C17H30N2O3. The Hall–Kier alpha value is -1.10. The summed E-state index contributed by atoms with van der Waals surface area (Å²) in [5.74, 6) is -0.406. The van der Waals surface area contributed by atoms with Gasteiger partial charge in [-0.2, -0.15) is 0 Å². The van der Waals surface area contributed by atoms with E-state index in [4.69, 9.17) is 5.11 Å². The van der Waals surface area contributed by atoms with Gasteiger partial charge in [0.1, 0.15) is 0 Å². The van der Waals surface area contributed by atoms with Gasteiger partial charge in [-0.1, -0.05) is 26.7 Å². The maximum Gasteiger partial charge on any atom is 0.317 e. The molecule has 1 amide bonds. The molecule has 2 rings (SSSR count). The van der Waals surface area contributed by atoms with Crippen LogP contribution in [0.1, 0.15) is 58.8 Å². The maximum atomic E-state index is 12.8. The fourth-order valence-electron chi connectivity index (χ4n) is 4.10. The minimum absolute atomic E-state index is 0.0624. The number of carbonyl (C=O) groups is 2. The number of likely N-dealkylation sites (tertiary alicyclic amines) is 1. The van der Waals surface area contributed by atoms with Crippen molar-refractivity contribution in [2.45, 2.75) is 64.8 Å². The number of likely N-dealkylation sites (N-methyl/N-ethyl adjacent to an activating group) is 1. The number of amides is 1. The van der Waals surface area contributed by atoms with Crippen molar-refractivity contribution in [1.82, 2.24) is 9.80 Å². The zero-order valence-corrected chi connectivity index (χ0v) is 14.0. The average Bonchev–Trinajstić information content (AvgIpc) is 2.48. The Morgan fingerprint density at radius 2 is 1.86 bits per heavy atom. The van der Waals surface area contributed by atoms with Gasteiger partial charge in [0.2, 0.25) is 5.91 Å². The molecule has 1 N–H and O–H groups in total. The zero-order valence-electron chi connectivity index (χ0n) is 14.0. The van der Waals surface area contributed by atoms with Gasteiger partial charge < -0.3 is 10.0 Å². The summed E-state index contributed by atoms with van der Waals surface area (Å²) in [5.41, 5.74) is -0.0624. The van der Waals surface area contributed by atoms with Crippen molar-refractivity contribution >= 4 is 11.9 Å². The van der Waals surface area contributed by atoms with E-state index in [-0.39, 0.29) is 12.0 Å². The lowest BCUT2D eigenvalue weighted by Crippen LogP contribution is -2.53.